The van der Waals surface area contributed by atoms with Crippen LogP contribution in [0.15, 0.2) is 18.2 Å². The van der Waals surface area contributed by atoms with Crippen molar-refractivity contribution < 1.29 is 4.39 Å². The van der Waals surface area contributed by atoms with Gasteiger partial charge in [0.25, 0.3) is 0 Å². The number of alkyl halides is 1. The van der Waals surface area contributed by atoms with Crippen molar-refractivity contribution >= 4 is 5.69 Å². The van der Waals surface area contributed by atoms with Crippen LogP contribution in [-0.4, -0.2) is 13.2 Å². The second kappa shape index (κ2) is 2.77. The average Bonchev–Trinajstić information content (AvgIpc) is 2.43. The summed E-state index contributed by atoms with van der Waals surface area (Å²) >= 11 is 0. The van der Waals surface area contributed by atoms with Gasteiger partial charge in [0.2, 0.25) is 0 Å². The molecule has 1 aromatic rings. The minimum Gasteiger partial charge on any atom is -0.388 e. The lowest BCUT2D eigenvalue weighted by Crippen LogP contribution is -1.95. The summed E-state index contributed by atoms with van der Waals surface area (Å²) in [6.07, 6.45) is 0.525. The van der Waals surface area contributed by atoms with Crippen LogP contribution in [-0.2, 0) is 12.8 Å². The van der Waals surface area contributed by atoms with Crippen molar-refractivity contribution in [1.29, 1.82) is 0 Å². The van der Waals surface area contributed by atoms with Gasteiger partial charge in [-0.05, 0) is 23.3 Å². The molecule has 0 fully saturated rings. The maximum Gasteiger partial charge on any atom is 0.108 e. The van der Waals surface area contributed by atoms with Gasteiger partial charge in [-0.15, -0.1) is 0 Å². The minimum absolute atomic E-state index is 0.588. The van der Waals surface area contributed by atoms with Crippen molar-refractivity contribution in [3.63, 3.8) is 0 Å². The van der Waals surface area contributed by atoms with Crippen LogP contribution in [0.25, 0.3) is 0 Å². The minimum atomic E-state index is -0.660. The van der Waals surface area contributed by atoms with E-state index in [9.17, 15) is 4.39 Å². The molecule has 0 aromatic heterocycles. The van der Waals surface area contributed by atoms with Crippen molar-refractivity contribution in [1.82, 2.24) is 0 Å². The Bertz CT molecular complexity index is 296. The molecule has 0 bridgehead atoms. The van der Waals surface area contributed by atoms with E-state index < -0.39 is 6.17 Å². The zero-order valence-electron chi connectivity index (χ0n) is 7.10. The monoisotopic (exact) mass is 165 g/mol. The largest absolute Gasteiger partial charge is 0.388 e. The number of nitrogens with one attached hydrogen (secondary N) is 1. The third kappa shape index (κ3) is 1.17. The lowest BCUT2D eigenvalue weighted by atomic mass is 10.1. The van der Waals surface area contributed by atoms with E-state index in [0.29, 0.717) is 12.8 Å². The predicted molar refractivity (Wildman–Crippen MR) is 48.3 cm³/mol. The molecule has 64 valence electrons. The van der Waals surface area contributed by atoms with E-state index in [1.54, 1.807) is 0 Å². The van der Waals surface area contributed by atoms with Gasteiger partial charge in [-0.1, -0.05) is 6.07 Å². The molecular weight excluding hydrogens is 153 g/mol. The van der Waals surface area contributed by atoms with Crippen LogP contribution in [0.4, 0.5) is 10.1 Å². The molecule has 0 amide bonds. The number of halogens is 1. The third-order valence-corrected chi connectivity index (χ3v) is 2.38. The highest BCUT2D eigenvalue weighted by Gasteiger charge is 2.20. The predicted octanol–water partition coefficient (Wildman–Crippen LogP) is 2.17. The molecule has 1 atom stereocenters. The van der Waals surface area contributed by atoms with E-state index in [-0.39, 0.29) is 0 Å². The fraction of sp³-hybridized carbons (Fsp3) is 0.400. The first-order chi connectivity index (χ1) is 5.79. The lowest BCUT2D eigenvalue weighted by molar-refractivity contribution is 0.349. The second-order valence-corrected chi connectivity index (χ2v) is 3.24. The zero-order chi connectivity index (χ0) is 8.55. The van der Waals surface area contributed by atoms with Crippen molar-refractivity contribution in [2.45, 2.75) is 19.0 Å². The van der Waals surface area contributed by atoms with Crippen LogP contribution in [0.1, 0.15) is 11.1 Å². The van der Waals surface area contributed by atoms with Gasteiger partial charge in [-0.25, -0.2) is 4.39 Å². The summed E-state index contributed by atoms with van der Waals surface area (Å²) in [4.78, 5) is 0. The third-order valence-electron chi connectivity index (χ3n) is 2.38. The highest BCUT2D eigenvalue weighted by molar-refractivity contribution is 5.50. The van der Waals surface area contributed by atoms with Crippen molar-refractivity contribution in [3.05, 3.63) is 29.3 Å². The Morgan fingerprint density at radius 1 is 1.33 bits per heavy atom. The molecule has 0 saturated carbocycles. The van der Waals surface area contributed by atoms with Crippen molar-refractivity contribution in [2.24, 2.45) is 0 Å². The van der Waals surface area contributed by atoms with E-state index in [4.69, 9.17) is 0 Å². The Morgan fingerprint density at radius 3 is 2.83 bits per heavy atom. The number of anilines is 1. The first kappa shape index (κ1) is 7.59. The number of benzene rings is 1. The molecule has 1 aromatic carbocycles. The van der Waals surface area contributed by atoms with Crippen molar-refractivity contribution in [3.8, 4) is 0 Å². The lowest BCUT2D eigenvalue weighted by Gasteiger charge is -2.02. The molecule has 1 N–H and O–H groups in total. The smallest absolute Gasteiger partial charge is 0.108 e. The summed E-state index contributed by atoms with van der Waals surface area (Å²) in [5.41, 5.74) is 3.40. The van der Waals surface area contributed by atoms with Crippen LogP contribution < -0.4 is 5.32 Å². The van der Waals surface area contributed by atoms with Crippen LogP contribution in [0.5, 0.6) is 0 Å². The maximum atomic E-state index is 12.9. The van der Waals surface area contributed by atoms with Gasteiger partial charge in [0, 0.05) is 25.6 Å². The Morgan fingerprint density at radius 2 is 2.08 bits per heavy atom. The summed E-state index contributed by atoms with van der Waals surface area (Å²) in [6.45, 7) is 0. The quantitative estimate of drug-likeness (QED) is 0.672. The maximum absolute atomic E-state index is 12.9. The molecule has 1 nitrogen and oxygen atoms in total. The zero-order valence-corrected chi connectivity index (χ0v) is 7.10. The normalized spacial score (nSPS) is 20.7. The van der Waals surface area contributed by atoms with Crippen LogP contribution in [0, 0.1) is 0 Å². The molecule has 0 heterocycles. The molecular formula is C10H12FN. The molecule has 0 saturated heterocycles. The highest BCUT2D eigenvalue weighted by atomic mass is 19.1. The van der Waals surface area contributed by atoms with E-state index in [1.165, 1.54) is 5.56 Å². The Labute approximate surface area is 71.6 Å². The summed E-state index contributed by atoms with van der Waals surface area (Å²) in [5.74, 6) is 0. The first-order valence-corrected chi connectivity index (χ1v) is 4.23. The summed E-state index contributed by atoms with van der Waals surface area (Å²) in [5, 5.41) is 3.05. The van der Waals surface area contributed by atoms with E-state index in [1.807, 2.05) is 25.2 Å². The fourth-order valence-corrected chi connectivity index (χ4v) is 1.72. The first-order valence-electron chi connectivity index (χ1n) is 4.23. The Kier molecular flexibility index (Phi) is 1.75. The molecule has 0 radical (unpaired) electrons. The average molecular weight is 165 g/mol. The molecule has 2 rings (SSSR count). The topological polar surface area (TPSA) is 12.0 Å². The van der Waals surface area contributed by atoms with Crippen LogP contribution >= 0.6 is 0 Å². The van der Waals surface area contributed by atoms with E-state index in [2.05, 4.69) is 5.32 Å². The number of hydrogen-bond acceptors (Lipinski definition) is 1. The molecule has 1 unspecified atom stereocenters. The van der Waals surface area contributed by atoms with Crippen molar-refractivity contribution in [2.75, 3.05) is 12.4 Å². The number of hydrogen-bond donors (Lipinski definition) is 1. The fourth-order valence-electron chi connectivity index (χ4n) is 1.72. The highest BCUT2D eigenvalue weighted by Crippen LogP contribution is 2.26. The van der Waals surface area contributed by atoms with Crippen LogP contribution in [0.3, 0.4) is 0 Å². The van der Waals surface area contributed by atoms with Gasteiger partial charge in [-0.2, -0.15) is 0 Å². The Hall–Kier alpha value is -1.05. The van der Waals surface area contributed by atoms with Crippen LogP contribution in [0.2, 0.25) is 0 Å². The van der Waals surface area contributed by atoms with E-state index in [0.717, 1.165) is 11.3 Å². The molecule has 12 heavy (non-hydrogen) atoms. The molecule has 1 aliphatic carbocycles. The number of fused-ring (bicyclic) bond motifs is 1. The second-order valence-electron chi connectivity index (χ2n) is 3.24. The molecule has 1 aliphatic rings. The Balaban J connectivity index is 2.35. The molecule has 2 heteroatoms. The van der Waals surface area contributed by atoms with Gasteiger partial charge in [0.05, 0.1) is 0 Å². The molecule has 0 spiro atoms. The van der Waals surface area contributed by atoms with Gasteiger partial charge in [0.1, 0.15) is 6.17 Å². The van der Waals surface area contributed by atoms with Gasteiger partial charge in [0.15, 0.2) is 0 Å². The van der Waals surface area contributed by atoms with E-state index >= 15 is 0 Å². The standard InChI is InChI=1S/C10H12FN/c1-12-10-3-2-7-4-9(11)5-8(7)6-10/h2-3,6,9,12H,4-5H2,1H3. The van der Waals surface area contributed by atoms with Gasteiger partial charge < -0.3 is 5.32 Å². The summed E-state index contributed by atoms with van der Waals surface area (Å²) in [7, 11) is 1.88. The summed E-state index contributed by atoms with van der Waals surface area (Å²) < 4.78 is 12.9. The molecule has 0 aliphatic heterocycles. The SMILES string of the molecule is CNc1ccc2c(c1)CC(F)C2. The summed E-state index contributed by atoms with van der Waals surface area (Å²) in [6, 6.07) is 6.05. The number of rotatable bonds is 1. The van der Waals surface area contributed by atoms with Gasteiger partial charge in [-0.3, -0.25) is 0 Å². The van der Waals surface area contributed by atoms with Gasteiger partial charge >= 0.3 is 0 Å².